The molecular formula is C42H69FN5O6P. The molecule has 1 fully saturated rings. The van der Waals surface area contributed by atoms with Crippen molar-refractivity contribution in [3.63, 3.8) is 0 Å². The number of nitrogens with zero attached hydrogens (tertiary/aromatic N) is 4. The summed E-state index contributed by atoms with van der Waals surface area (Å²) >= 11 is 0. The number of hydrogen-bond donors (Lipinski definition) is 3. The van der Waals surface area contributed by atoms with Gasteiger partial charge in [0.25, 0.3) is 0 Å². The van der Waals surface area contributed by atoms with Crippen molar-refractivity contribution in [1.29, 1.82) is 5.26 Å². The number of benzene rings is 1. The molecule has 3 atom stereocenters. The van der Waals surface area contributed by atoms with Crippen LogP contribution in [-0.2, 0) is 25.1 Å². The first-order chi connectivity index (χ1) is 26.9. The molecule has 4 rings (SSSR count). The van der Waals surface area contributed by atoms with E-state index in [2.05, 4.69) is 17.0 Å². The molecule has 0 spiro atoms. The van der Waals surface area contributed by atoms with E-state index in [9.17, 15) is 9.28 Å². The molecule has 1 aliphatic heterocycles. The second kappa shape index (κ2) is 31.3. The zero-order valence-corrected chi connectivity index (χ0v) is 34.7. The molecule has 13 heteroatoms. The molecule has 1 aliphatic rings. The maximum Gasteiger partial charge on any atom is 0.329 e. The number of nitriles is 1. The smallest absolute Gasteiger partial charge is 0.329 e. The predicted octanol–water partition coefficient (Wildman–Crippen LogP) is 10.7. The molecule has 0 saturated carbocycles. The number of aromatic nitrogens is 3. The van der Waals surface area contributed by atoms with E-state index in [0.717, 1.165) is 49.6 Å². The van der Waals surface area contributed by atoms with E-state index in [4.69, 9.17) is 34.6 Å². The second-order valence-corrected chi connectivity index (χ2v) is 14.8. The summed E-state index contributed by atoms with van der Waals surface area (Å²) in [7, 11) is -1.91. The predicted molar refractivity (Wildman–Crippen MR) is 219 cm³/mol. The van der Waals surface area contributed by atoms with Crippen LogP contribution in [0.2, 0.25) is 0 Å². The van der Waals surface area contributed by atoms with E-state index in [-0.39, 0.29) is 24.4 Å². The van der Waals surface area contributed by atoms with Gasteiger partial charge in [0.2, 0.25) is 0 Å². The van der Waals surface area contributed by atoms with Crippen molar-refractivity contribution in [2.45, 2.75) is 162 Å². The van der Waals surface area contributed by atoms with Gasteiger partial charge in [-0.05, 0) is 61.6 Å². The molecule has 2 aromatic heterocycles. The minimum absolute atomic E-state index is 0.0900. The summed E-state index contributed by atoms with van der Waals surface area (Å²) in [6.07, 6.45) is 25.7. The van der Waals surface area contributed by atoms with E-state index >= 15 is 0 Å². The standard InChI is InChI=1S/C32H57N4O5P.C8H6FNO.C2H6/c1-2-3-4-5-6-7-8-9-10-11-12-13-14-15-16-17-23-38-24-18-25-39-42(37)40-26-28-19-22-31(41-28)29-20-21-30-32(33)34-27-35-36(29)30;9-8-2-6(4-10)1-7(3-8)5-11;1-2/h20-21,27-28,31,37H,2-19,22-26H2,1H3,(H2,33,34,35);1-3,11H,5H2;1-2H3. The number of aliphatic hydroxyl groups excluding tert-OH is 1. The van der Waals surface area contributed by atoms with Crippen molar-refractivity contribution in [2.75, 3.05) is 32.2 Å². The van der Waals surface area contributed by atoms with Crippen LogP contribution in [-0.4, -0.2) is 57.1 Å². The zero-order valence-electron chi connectivity index (χ0n) is 33.8. The minimum atomic E-state index is -1.91. The van der Waals surface area contributed by atoms with E-state index in [1.165, 1.54) is 115 Å². The first kappa shape index (κ1) is 48.4. The number of halogens is 1. The van der Waals surface area contributed by atoms with Crippen molar-refractivity contribution in [3.05, 3.63) is 59.3 Å². The molecule has 0 bridgehead atoms. The Labute approximate surface area is 331 Å². The van der Waals surface area contributed by atoms with Gasteiger partial charge in [-0.15, -0.1) is 0 Å². The number of aliphatic hydroxyl groups is 1. The van der Waals surface area contributed by atoms with Gasteiger partial charge < -0.3 is 34.3 Å². The number of rotatable bonds is 27. The van der Waals surface area contributed by atoms with Crippen LogP contribution in [0.5, 0.6) is 0 Å². The molecule has 4 N–H and O–H groups in total. The number of nitrogens with two attached hydrogens (primary N) is 1. The summed E-state index contributed by atoms with van der Waals surface area (Å²) < 4.78 is 37.1. The van der Waals surface area contributed by atoms with Gasteiger partial charge in [-0.25, -0.2) is 13.9 Å². The van der Waals surface area contributed by atoms with Gasteiger partial charge in [0, 0.05) is 13.2 Å². The maximum absolute atomic E-state index is 12.5. The monoisotopic (exact) mass is 789 g/mol. The van der Waals surface area contributed by atoms with Gasteiger partial charge in [-0.1, -0.05) is 117 Å². The Hall–Kier alpha value is -2.75. The fourth-order valence-electron chi connectivity index (χ4n) is 6.41. The van der Waals surface area contributed by atoms with Crippen molar-refractivity contribution in [3.8, 4) is 6.07 Å². The van der Waals surface area contributed by atoms with Crippen molar-refractivity contribution in [1.82, 2.24) is 14.6 Å². The van der Waals surface area contributed by atoms with Gasteiger partial charge in [0.05, 0.1) is 43.3 Å². The molecule has 11 nitrogen and oxygen atoms in total. The first-order valence-corrected chi connectivity index (χ1v) is 21.9. The average Bonchev–Trinajstić information content (AvgIpc) is 3.86. The number of unbranched alkanes of at least 4 members (excludes halogenated alkanes) is 15. The molecule has 3 unspecified atom stereocenters. The molecule has 0 radical (unpaired) electrons. The third-order valence-electron chi connectivity index (χ3n) is 9.37. The second-order valence-electron chi connectivity index (χ2n) is 13.8. The third-order valence-corrected chi connectivity index (χ3v) is 10.1. The molecule has 3 heterocycles. The van der Waals surface area contributed by atoms with Gasteiger partial charge >= 0.3 is 8.60 Å². The highest BCUT2D eigenvalue weighted by molar-refractivity contribution is 7.40. The average molecular weight is 790 g/mol. The number of ether oxygens (including phenoxy) is 2. The van der Waals surface area contributed by atoms with E-state index in [1.807, 2.05) is 26.0 Å². The Bertz CT molecular complexity index is 1440. The van der Waals surface area contributed by atoms with Gasteiger partial charge in [0.15, 0.2) is 5.82 Å². The highest BCUT2D eigenvalue weighted by Gasteiger charge is 2.30. The normalized spacial score (nSPS) is 15.6. The molecule has 0 amide bonds. The summed E-state index contributed by atoms with van der Waals surface area (Å²) in [4.78, 5) is 14.1. The molecular weight excluding hydrogens is 720 g/mol. The lowest BCUT2D eigenvalue weighted by atomic mass is 10.0. The zero-order chi connectivity index (χ0) is 39.9. The lowest BCUT2D eigenvalue weighted by molar-refractivity contribution is 0.00993. The highest BCUT2D eigenvalue weighted by Crippen LogP contribution is 2.38. The summed E-state index contributed by atoms with van der Waals surface area (Å²) in [6, 6.07) is 9.44. The Morgan fingerprint density at radius 2 is 1.49 bits per heavy atom. The Balaban J connectivity index is 0.000000682. The molecule has 1 saturated heterocycles. The van der Waals surface area contributed by atoms with Crippen LogP contribution in [0.3, 0.4) is 0 Å². The fraction of sp³-hybridized carbons (Fsp3) is 0.690. The van der Waals surface area contributed by atoms with Crippen LogP contribution < -0.4 is 5.73 Å². The van der Waals surface area contributed by atoms with E-state index in [0.29, 0.717) is 31.2 Å². The topological polar surface area (TPSA) is 157 Å². The van der Waals surface area contributed by atoms with Crippen molar-refractivity contribution >= 4 is 19.9 Å². The first-order valence-electron chi connectivity index (χ1n) is 20.8. The lowest BCUT2D eigenvalue weighted by Gasteiger charge is -2.16. The van der Waals surface area contributed by atoms with Crippen molar-refractivity contribution < 1.29 is 32.9 Å². The summed E-state index contributed by atoms with van der Waals surface area (Å²) in [5.74, 6) is -0.0454. The number of hydrogen-bond acceptors (Lipinski definition) is 10. The fourth-order valence-corrected chi connectivity index (χ4v) is 7.06. The molecule has 55 heavy (non-hydrogen) atoms. The third kappa shape index (κ3) is 20.8. The summed E-state index contributed by atoms with van der Waals surface area (Å²) in [6.45, 7) is 8.22. The number of nitrogen functional groups attached to an aromatic ring is 1. The molecule has 1 aromatic carbocycles. The van der Waals surface area contributed by atoms with Crippen LogP contribution in [0, 0.1) is 17.1 Å². The maximum atomic E-state index is 12.5. The Kier molecular flexibility index (Phi) is 27.6. The number of anilines is 1. The van der Waals surface area contributed by atoms with E-state index < -0.39 is 14.4 Å². The van der Waals surface area contributed by atoms with Crippen LogP contribution in [0.25, 0.3) is 5.52 Å². The highest BCUT2D eigenvalue weighted by atomic mass is 31.2. The van der Waals surface area contributed by atoms with Crippen LogP contribution in [0.4, 0.5) is 10.2 Å². The Morgan fingerprint density at radius 1 is 0.873 bits per heavy atom. The number of fused-ring (bicyclic) bond motifs is 1. The van der Waals surface area contributed by atoms with Gasteiger partial charge in [0.1, 0.15) is 23.8 Å². The van der Waals surface area contributed by atoms with Crippen LogP contribution in [0.1, 0.15) is 166 Å². The molecule has 3 aromatic rings. The quantitative estimate of drug-likeness (QED) is 0.0501. The lowest BCUT2D eigenvalue weighted by Crippen LogP contribution is -2.14. The largest absolute Gasteiger partial charge is 0.392 e. The summed E-state index contributed by atoms with van der Waals surface area (Å²) in [5, 5.41) is 21.3. The SMILES string of the molecule is CC.CCCCCCCCCCCCCCCCCCOCCCOP(O)OCC1CCC(c2ccc3c(N)ncnn23)O1.N#Cc1cc(F)cc(CO)c1. The van der Waals surface area contributed by atoms with Crippen LogP contribution >= 0.6 is 8.60 Å². The summed E-state index contributed by atoms with van der Waals surface area (Å²) in [5.41, 5.74) is 8.30. The molecule has 0 aliphatic carbocycles. The Morgan fingerprint density at radius 3 is 2.11 bits per heavy atom. The minimum Gasteiger partial charge on any atom is -0.392 e. The van der Waals surface area contributed by atoms with Gasteiger partial charge in [-0.3, -0.25) is 0 Å². The van der Waals surface area contributed by atoms with Gasteiger partial charge in [-0.2, -0.15) is 10.4 Å². The van der Waals surface area contributed by atoms with E-state index in [1.54, 1.807) is 10.6 Å². The van der Waals surface area contributed by atoms with Crippen LogP contribution in [0.15, 0.2) is 36.7 Å². The molecule has 310 valence electrons. The van der Waals surface area contributed by atoms with Crippen molar-refractivity contribution in [2.24, 2.45) is 0 Å².